The van der Waals surface area contributed by atoms with E-state index in [4.69, 9.17) is 56.8 Å². The van der Waals surface area contributed by atoms with Crippen molar-refractivity contribution >= 4 is 17.3 Å². The summed E-state index contributed by atoms with van der Waals surface area (Å²) >= 11 is 0. The van der Waals surface area contributed by atoms with Gasteiger partial charge < -0.3 is 62.2 Å². The number of ether oxygens (including phenoxy) is 12. The molecule has 2 rings (SSSR count). The van der Waals surface area contributed by atoms with E-state index in [9.17, 15) is 18.0 Å². The van der Waals surface area contributed by atoms with Gasteiger partial charge in [0.05, 0.1) is 156 Å². The Hall–Kier alpha value is -2.94. The first-order valence-corrected chi connectivity index (χ1v) is 24.0. The van der Waals surface area contributed by atoms with Gasteiger partial charge in [0.1, 0.15) is 6.61 Å². The number of anilines is 2. The molecular weight excluding hydrogens is 868 g/mol. The third-order valence-electron chi connectivity index (χ3n) is 9.69. The molecule has 1 N–H and O–H groups in total. The molecule has 2 aromatic carbocycles. The van der Waals surface area contributed by atoms with Crippen molar-refractivity contribution < 1.29 is 74.8 Å². The zero-order valence-electron chi connectivity index (χ0n) is 39.6. The molecule has 0 bridgehead atoms. The van der Waals surface area contributed by atoms with Gasteiger partial charge in [-0.2, -0.15) is 13.2 Å². The summed E-state index contributed by atoms with van der Waals surface area (Å²) in [6, 6.07) is 11.2. The highest BCUT2D eigenvalue weighted by Crippen LogP contribution is 2.32. The van der Waals surface area contributed by atoms with Crippen molar-refractivity contribution in [1.29, 1.82) is 0 Å². The molecule has 14 nitrogen and oxygen atoms in total. The summed E-state index contributed by atoms with van der Waals surface area (Å²) in [5, 5.41) is 2.86. The second-order valence-corrected chi connectivity index (χ2v) is 15.2. The Kier molecular flexibility index (Phi) is 38.9. The molecular formula is C49H80F3NO13. The highest BCUT2D eigenvalue weighted by molar-refractivity contribution is 5.96. The number of para-hydroxylation sites is 1. The lowest BCUT2D eigenvalue weighted by Crippen LogP contribution is -2.16. The number of hydrogen-bond acceptors (Lipinski definition) is 14. The smallest absolute Gasteiger partial charge is 0.416 e. The summed E-state index contributed by atoms with van der Waals surface area (Å²) in [6.45, 7) is 12.7. The number of esters is 1. The van der Waals surface area contributed by atoms with Gasteiger partial charge in [-0.05, 0) is 36.8 Å². The lowest BCUT2D eigenvalue weighted by molar-refractivity contribution is -0.137. The Morgan fingerprint density at radius 2 is 0.773 bits per heavy atom. The Labute approximate surface area is 392 Å². The fraction of sp³-hybridized carbons (Fsp3) is 0.735. The number of halogens is 3. The van der Waals surface area contributed by atoms with Crippen molar-refractivity contribution in [2.45, 2.75) is 83.7 Å². The number of hydrogen-bond donors (Lipinski definition) is 1. The molecule has 17 heteroatoms. The lowest BCUT2D eigenvalue weighted by atomic mass is 10.1. The Morgan fingerprint density at radius 3 is 1.17 bits per heavy atom. The molecule has 0 saturated heterocycles. The maximum Gasteiger partial charge on any atom is 0.416 e. The molecule has 0 aliphatic rings. The summed E-state index contributed by atoms with van der Waals surface area (Å²) in [7, 11) is 0. The molecule has 0 saturated carbocycles. The number of carbonyl (C=O) groups excluding carboxylic acids is 1. The minimum absolute atomic E-state index is 0.00249. The highest BCUT2D eigenvalue weighted by atomic mass is 19.4. The molecule has 0 aliphatic heterocycles. The molecule has 0 aromatic heterocycles. The SMILES string of the molecule is CCCCCCCCCCCCCOCCOCCOCCOCCOCCOCCOCCOCCOCCOCCOCCOC(=O)c1ccccc1Nc1cccc(C(F)(F)F)c1. The predicted molar refractivity (Wildman–Crippen MR) is 247 cm³/mol. The molecule has 0 atom stereocenters. The topological polar surface area (TPSA) is 140 Å². The van der Waals surface area contributed by atoms with E-state index in [0.29, 0.717) is 138 Å². The van der Waals surface area contributed by atoms with E-state index in [2.05, 4.69) is 12.2 Å². The number of rotatable bonds is 48. The van der Waals surface area contributed by atoms with Crippen molar-refractivity contribution in [3.05, 3.63) is 59.7 Å². The van der Waals surface area contributed by atoms with Gasteiger partial charge in [0, 0.05) is 12.3 Å². The van der Waals surface area contributed by atoms with Gasteiger partial charge in [-0.25, -0.2) is 4.79 Å². The fourth-order valence-corrected chi connectivity index (χ4v) is 6.14. The summed E-state index contributed by atoms with van der Waals surface area (Å²) in [6.07, 6.45) is 10.3. The van der Waals surface area contributed by atoms with E-state index in [1.165, 1.54) is 82.4 Å². The first kappa shape index (κ1) is 59.2. The molecule has 66 heavy (non-hydrogen) atoms. The van der Waals surface area contributed by atoms with E-state index < -0.39 is 17.7 Å². The van der Waals surface area contributed by atoms with Crippen LogP contribution in [0.3, 0.4) is 0 Å². The van der Waals surface area contributed by atoms with Crippen LogP contribution in [0.2, 0.25) is 0 Å². The second-order valence-electron chi connectivity index (χ2n) is 15.2. The van der Waals surface area contributed by atoms with Crippen molar-refractivity contribution in [3.8, 4) is 0 Å². The lowest BCUT2D eigenvalue weighted by Gasteiger charge is -2.13. The van der Waals surface area contributed by atoms with Crippen molar-refractivity contribution in [1.82, 2.24) is 0 Å². The zero-order valence-corrected chi connectivity index (χ0v) is 39.6. The maximum atomic E-state index is 13.1. The minimum Gasteiger partial charge on any atom is -0.460 e. The van der Waals surface area contributed by atoms with Crippen molar-refractivity contribution in [3.63, 3.8) is 0 Å². The van der Waals surface area contributed by atoms with Gasteiger partial charge in [0.25, 0.3) is 0 Å². The van der Waals surface area contributed by atoms with Crippen molar-refractivity contribution in [2.75, 3.05) is 157 Å². The molecule has 0 amide bonds. The van der Waals surface area contributed by atoms with Crippen LogP contribution in [0.15, 0.2) is 48.5 Å². The molecule has 0 spiro atoms. The minimum atomic E-state index is -4.48. The highest BCUT2D eigenvalue weighted by Gasteiger charge is 2.30. The predicted octanol–water partition coefficient (Wildman–Crippen LogP) is 9.10. The standard InChI is InChI=1S/C49H80F3NO13/c1-2-3-4-5-6-7-8-9-10-11-14-20-55-21-22-56-23-24-57-25-26-58-27-28-59-29-30-60-31-32-61-33-34-62-35-36-63-37-38-64-39-40-65-41-42-66-48(54)46-18-12-13-19-47(46)53-45-17-15-16-44(43-45)49(50,51)52/h12-13,15-19,43,53H,2-11,14,20-42H2,1H3. The molecule has 380 valence electrons. The van der Waals surface area contributed by atoms with Gasteiger partial charge in [-0.3, -0.25) is 0 Å². The molecule has 0 radical (unpaired) electrons. The molecule has 2 aromatic rings. The first-order valence-electron chi connectivity index (χ1n) is 24.0. The van der Waals surface area contributed by atoms with Gasteiger partial charge in [-0.1, -0.05) is 89.3 Å². The van der Waals surface area contributed by atoms with E-state index >= 15 is 0 Å². The fourth-order valence-electron chi connectivity index (χ4n) is 6.14. The van der Waals surface area contributed by atoms with E-state index in [1.807, 2.05) is 0 Å². The zero-order chi connectivity index (χ0) is 47.3. The van der Waals surface area contributed by atoms with Crippen LogP contribution in [-0.4, -0.2) is 158 Å². The molecule has 0 fully saturated rings. The van der Waals surface area contributed by atoms with Crippen LogP contribution in [0.1, 0.15) is 93.5 Å². The number of alkyl halides is 3. The van der Waals surface area contributed by atoms with Crippen LogP contribution in [0, 0.1) is 0 Å². The molecule has 0 aliphatic carbocycles. The summed E-state index contributed by atoms with van der Waals surface area (Å²) in [4.78, 5) is 12.6. The third-order valence-corrected chi connectivity index (χ3v) is 9.69. The number of nitrogens with one attached hydrogen (secondary N) is 1. The number of carbonyl (C=O) groups is 1. The molecule has 0 unspecified atom stereocenters. The Balaban J connectivity index is 1.21. The Bertz CT molecular complexity index is 1390. The van der Waals surface area contributed by atoms with Crippen LogP contribution in [0.25, 0.3) is 0 Å². The normalized spacial score (nSPS) is 11.7. The summed E-state index contributed by atoms with van der Waals surface area (Å²) in [5.41, 5.74) is -0.0890. The van der Waals surface area contributed by atoms with Crippen LogP contribution in [0.4, 0.5) is 24.5 Å². The van der Waals surface area contributed by atoms with Gasteiger partial charge >= 0.3 is 12.1 Å². The van der Waals surface area contributed by atoms with Gasteiger partial charge in [-0.15, -0.1) is 0 Å². The number of benzene rings is 2. The third kappa shape index (κ3) is 35.2. The Morgan fingerprint density at radius 1 is 0.424 bits per heavy atom. The molecule has 0 heterocycles. The van der Waals surface area contributed by atoms with Gasteiger partial charge in [0.2, 0.25) is 0 Å². The van der Waals surface area contributed by atoms with Crippen LogP contribution >= 0.6 is 0 Å². The monoisotopic (exact) mass is 948 g/mol. The maximum absolute atomic E-state index is 13.1. The summed E-state index contributed by atoms with van der Waals surface area (Å²) < 4.78 is 105. The average Bonchev–Trinajstić information content (AvgIpc) is 3.31. The van der Waals surface area contributed by atoms with E-state index in [-0.39, 0.29) is 24.5 Å². The quantitative estimate of drug-likeness (QED) is 0.0498. The van der Waals surface area contributed by atoms with E-state index in [0.717, 1.165) is 25.2 Å². The van der Waals surface area contributed by atoms with Gasteiger partial charge in [0.15, 0.2) is 0 Å². The average molecular weight is 948 g/mol. The van der Waals surface area contributed by atoms with Crippen molar-refractivity contribution in [2.24, 2.45) is 0 Å². The number of unbranched alkanes of at least 4 members (excludes halogenated alkanes) is 10. The second kappa shape index (κ2) is 43.3. The summed E-state index contributed by atoms with van der Waals surface area (Å²) in [5.74, 6) is -0.628. The van der Waals surface area contributed by atoms with E-state index in [1.54, 1.807) is 18.2 Å². The first-order chi connectivity index (χ1) is 32.4. The largest absolute Gasteiger partial charge is 0.460 e. The van der Waals surface area contributed by atoms with Crippen LogP contribution < -0.4 is 5.32 Å². The van der Waals surface area contributed by atoms with Crippen LogP contribution in [0.5, 0.6) is 0 Å². The van der Waals surface area contributed by atoms with Crippen LogP contribution in [-0.2, 0) is 63.0 Å².